The predicted molar refractivity (Wildman–Crippen MR) is 98.5 cm³/mol. The molecule has 2 heterocycles. The number of hydrogen-bond acceptors (Lipinski definition) is 3. The molecule has 4 heteroatoms. The van der Waals surface area contributed by atoms with Gasteiger partial charge in [0.25, 0.3) is 5.91 Å². The summed E-state index contributed by atoms with van der Waals surface area (Å²) in [5, 5.41) is 0. The first-order chi connectivity index (χ1) is 12.2. The molecular formula is C21H26N2O2. The van der Waals surface area contributed by atoms with E-state index in [1.165, 1.54) is 11.1 Å². The van der Waals surface area contributed by atoms with Crippen molar-refractivity contribution in [2.45, 2.75) is 32.8 Å². The highest BCUT2D eigenvalue weighted by Gasteiger charge is 2.24. The first kappa shape index (κ1) is 17.6. The van der Waals surface area contributed by atoms with Crippen LogP contribution in [-0.4, -0.2) is 36.0 Å². The highest BCUT2D eigenvalue weighted by atomic mass is 16.5. The SMILES string of the molecule is COCc1ccc(CC2CCN(C(=O)c3cccnc3C)CC2)cc1. The van der Waals surface area contributed by atoms with Gasteiger partial charge in [-0.15, -0.1) is 0 Å². The Morgan fingerprint density at radius 1 is 1.16 bits per heavy atom. The molecule has 0 radical (unpaired) electrons. The van der Waals surface area contributed by atoms with Gasteiger partial charge in [0, 0.05) is 32.1 Å². The quantitative estimate of drug-likeness (QED) is 0.836. The first-order valence-electron chi connectivity index (χ1n) is 8.95. The van der Waals surface area contributed by atoms with Crippen LogP contribution in [0, 0.1) is 12.8 Å². The zero-order valence-corrected chi connectivity index (χ0v) is 15.1. The van der Waals surface area contributed by atoms with Crippen LogP contribution in [0.2, 0.25) is 0 Å². The fourth-order valence-corrected chi connectivity index (χ4v) is 3.49. The lowest BCUT2D eigenvalue weighted by atomic mass is 9.89. The minimum absolute atomic E-state index is 0.118. The Bertz CT molecular complexity index is 704. The average molecular weight is 338 g/mol. The maximum Gasteiger partial charge on any atom is 0.255 e. The number of pyridine rings is 1. The van der Waals surface area contributed by atoms with E-state index in [1.807, 2.05) is 24.0 Å². The number of carbonyl (C=O) groups excluding carboxylic acids is 1. The first-order valence-corrected chi connectivity index (χ1v) is 8.95. The van der Waals surface area contributed by atoms with Gasteiger partial charge in [0.15, 0.2) is 0 Å². The summed E-state index contributed by atoms with van der Waals surface area (Å²) < 4.78 is 5.15. The van der Waals surface area contributed by atoms with Crippen molar-refractivity contribution < 1.29 is 9.53 Å². The Morgan fingerprint density at radius 2 is 1.84 bits per heavy atom. The molecule has 132 valence electrons. The van der Waals surface area contributed by atoms with Gasteiger partial charge in [0.2, 0.25) is 0 Å². The number of amides is 1. The smallest absolute Gasteiger partial charge is 0.255 e. The van der Waals surface area contributed by atoms with Gasteiger partial charge in [0.1, 0.15) is 0 Å². The molecule has 0 saturated carbocycles. The number of likely N-dealkylation sites (tertiary alicyclic amines) is 1. The number of benzene rings is 1. The summed E-state index contributed by atoms with van der Waals surface area (Å²) >= 11 is 0. The molecule has 0 unspecified atom stereocenters. The highest BCUT2D eigenvalue weighted by molar-refractivity contribution is 5.95. The van der Waals surface area contributed by atoms with Gasteiger partial charge in [0.05, 0.1) is 12.2 Å². The zero-order chi connectivity index (χ0) is 17.6. The van der Waals surface area contributed by atoms with Gasteiger partial charge in [-0.1, -0.05) is 24.3 Å². The van der Waals surface area contributed by atoms with Crippen LogP contribution in [0.4, 0.5) is 0 Å². The van der Waals surface area contributed by atoms with E-state index in [-0.39, 0.29) is 5.91 Å². The topological polar surface area (TPSA) is 42.4 Å². The highest BCUT2D eigenvalue weighted by Crippen LogP contribution is 2.23. The molecule has 1 amide bonds. The molecule has 0 N–H and O–H groups in total. The van der Waals surface area contributed by atoms with Crippen LogP contribution in [0.25, 0.3) is 0 Å². The Hall–Kier alpha value is -2.20. The number of hydrogen-bond donors (Lipinski definition) is 0. The number of nitrogens with zero attached hydrogens (tertiary/aromatic N) is 2. The lowest BCUT2D eigenvalue weighted by molar-refractivity contribution is 0.0689. The molecule has 0 atom stereocenters. The van der Waals surface area contributed by atoms with Crippen molar-refractivity contribution in [1.29, 1.82) is 0 Å². The number of methoxy groups -OCH3 is 1. The average Bonchev–Trinajstić information content (AvgIpc) is 2.64. The molecule has 0 aliphatic carbocycles. The van der Waals surface area contributed by atoms with E-state index in [2.05, 4.69) is 29.2 Å². The van der Waals surface area contributed by atoms with Crippen LogP contribution in [-0.2, 0) is 17.8 Å². The summed E-state index contributed by atoms with van der Waals surface area (Å²) in [5.74, 6) is 0.764. The fourth-order valence-electron chi connectivity index (χ4n) is 3.49. The van der Waals surface area contributed by atoms with Gasteiger partial charge in [-0.2, -0.15) is 0 Å². The minimum atomic E-state index is 0.118. The summed E-state index contributed by atoms with van der Waals surface area (Å²) in [6, 6.07) is 12.4. The molecule has 1 fully saturated rings. The van der Waals surface area contributed by atoms with E-state index >= 15 is 0 Å². The number of piperidine rings is 1. The fraction of sp³-hybridized carbons (Fsp3) is 0.429. The van der Waals surface area contributed by atoms with Crippen molar-refractivity contribution in [3.63, 3.8) is 0 Å². The van der Waals surface area contributed by atoms with E-state index in [1.54, 1.807) is 13.3 Å². The predicted octanol–water partition coefficient (Wildman–Crippen LogP) is 3.63. The maximum absolute atomic E-state index is 12.7. The van der Waals surface area contributed by atoms with Crippen LogP contribution in [0.5, 0.6) is 0 Å². The number of aromatic nitrogens is 1. The van der Waals surface area contributed by atoms with Crippen molar-refractivity contribution in [1.82, 2.24) is 9.88 Å². The second-order valence-corrected chi connectivity index (χ2v) is 6.83. The Balaban J connectivity index is 1.53. The molecular weight excluding hydrogens is 312 g/mol. The molecule has 1 aromatic heterocycles. The largest absolute Gasteiger partial charge is 0.380 e. The molecule has 0 bridgehead atoms. The molecule has 25 heavy (non-hydrogen) atoms. The molecule has 1 saturated heterocycles. The normalized spacial score (nSPS) is 15.4. The van der Waals surface area contributed by atoms with Crippen molar-refractivity contribution in [2.24, 2.45) is 5.92 Å². The van der Waals surface area contributed by atoms with Crippen LogP contribution in [0.1, 0.15) is 40.0 Å². The lowest BCUT2D eigenvalue weighted by Crippen LogP contribution is -2.39. The lowest BCUT2D eigenvalue weighted by Gasteiger charge is -2.32. The Labute approximate surface area is 149 Å². The van der Waals surface area contributed by atoms with Crippen molar-refractivity contribution in [3.8, 4) is 0 Å². The van der Waals surface area contributed by atoms with E-state index in [4.69, 9.17) is 4.74 Å². The third kappa shape index (κ3) is 4.45. The monoisotopic (exact) mass is 338 g/mol. The van der Waals surface area contributed by atoms with Crippen LogP contribution in [0.15, 0.2) is 42.6 Å². The summed E-state index contributed by atoms with van der Waals surface area (Å²) in [6.45, 7) is 4.22. The Kier molecular flexibility index (Phi) is 5.82. The summed E-state index contributed by atoms with van der Waals surface area (Å²) in [4.78, 5) is 18.9. The molecule has 0 spiro atoms. The number of rotatable bonds is 5. The van der Waals surface area contributed by atoms with Gasteiger partial charge >= 0.3 is 0 Å². The molecule has 4 nitrogen and oxygen atoms in total. The minimum Gasteiger partial charge on any atom is -0.380 e. The van der Waals surface area contributed by atoms with E-state index in [0.717, 1.165) is 43.6 Å². The number of aryl methyl sites for hydroxylation is 1. The molecule has 3 rings (SSSR count). The third-order valence-corrected chi connectivity index (χ3v) is 5.00. The van der Waals surface area contributed by atoms with E-state index in [0.29, 0.717) is 12.5 Å². The van der Waals surface area contributed by atoms with E-state index in [9.17, 15) is 4.79 Å². The number of ether oxygens (including phenoxy) is 1. The summed E-state index contributed by atoms with van der Waals surface area (Å²) in [5.41, 5.74) is 4.12. The second kappa shape index (κ2) is 8.26. The molecule has 1 aliphatic rings. The van der Waals surface area contributed by atoms with Crippen molar-refractivity contribution in [2.75, 3.05) is 20.2 Å². The van der Waals surface area contributed by atoms with Crippen LogP contribution in [0.3, 0.4) is 0 Å². The van der Waals surface area contributed by atoms with Crippen LogP contribution >= 0.6 is 0 Å². The molecule has 1 aromatic carbocycles. The number of carbonyl (C=O) groups is 1. The van der Waals surface area contributed by atoms with Gasteiger partial charge in [-0.25, -0.2) is 0 Å². The zero-order valence-electron chi connectivity index (χ0n) is 15.1. The molecule has 1 aliphatic heterocycles. The van der Waals surface area contributed by atoms with Crippen molar-refractivity contribution in [3.05, 3.63) is 65.0 Å². The molecule has 2 aromatic rings. The van der Waals surface area contributed by atoms with E-state index < -0.39 is 0 Å². The second-order valence-electron chi connectivity index (χ2n) is 6.83. The maximum atomic E-state index is 12.7. The van der Waals surface area contributed by atoms with Gasteiger partial charge < -0.3 is 9.64 Å². The van der Waals surface area contributed by atoms with Gasteiger partial charge in [-0.05, 0) is 55.4 Å². The Morgan fingerprint density at radius 3 is 2.48 bits per heavy atom. The van der Waals surface area contributed by atoms with Crippen molar-refractivity contribution >= 4 is 5.91 Å². The van der Waals surface area contributed by atoms with Gasteiger partial charge in [-0.3, -0.25) is 9.78 Å². The van der Waals surface area contributed by atoms with Crippen LogP contribution < -0.4 is 0 Å². The summed E-state index contributed by atoms with van der Waals surface area (Å²) in [6.07, 6.45) is 4.94. The standard InChI is InChI=1S/C21H26N2O2/c1-16-20(4-3-11-22-16)21(24)23-12-9-18(10-13-23)14-17-5-7-19(8-6-17)15-25-2/h3-8,11,18H,9-10,12-15H2,1-2H3. The third-order valence-electron chi connectivity index (χ3n) is 5.00. The summed E-state index contributed by atoms with van der Waals surface area (Å²) in [7, 11) is 1.72.